The minimum Gasteiger partial charge on any atom is -0.478 e. The number of carbonyl (C=O) groups excluding carboxylic acids is 1. The van der Waals surface area contributed by atoms with E-state index in [1.165, 1.54) is 41.8 Å². The average molecular weight is 683 g/mol. The van der Waals surface area contributed by atoms with Crippen LogP contribution in [0.4, 0.5) is 0 Å². The number of rotatable bonds is 10. The van der Waals surface area contributed by atoms with E-state index < -0.39 is 5.97 Å². The van der Waals surface area contributed by atoms with Gasteiger partial charge >= 0.3 is 11.9 Å². The maximum absolute atomic E-state index is 12.2. The number of carbonyl (C=O) groups is 2. The van der Waals surface area contributed by atoms with E-state index in [1.807, 2.05) is 24.5 Å². The molecular weight excluding hydrogens is 636 g/mol. The maximum atomic E-state index is 12.2. The van der Waals surface area contributed by atoms with E-state index in [0.717, 1.165) is 40.8 Å². The molecule has 0 saturated heterocycles. The number of pyridine rings is 2. The van der Waals surface area contributed by atoms with Crippen molar-refractivity contribution in [3.05, 3.63) is 130 Å². The zero-order chi connectivity index (χ0) is 35.8. The van der Waals surface area contributed by atoms with Crippen molar-refractivity contribution >= 4 is 33.7 Å². The highest BCUT2D eigenvalue weighted by atomic mass is 16.5. The van der Waals surface area contributed by atoms with Crippen LogP contribution in [0.25, 0.3) is 21.8 Å². The summed E-state index contributed by atoms with van der Waals surface area (Å²) in [5.41, 5.74) is 9.23. The molecule has 2 fully saturated rings. The number of benzene rings is 2. The average Bonchev–Trinajstić information content (AvgIpc) is 4.06. The highest BCUT2D eigenvalue weighted by Gasteiger charge is 2.27. The van der Waals surface area contributed by atoms with Gasteiger partial charge in [-0.1, -0.05) is 12.1 Å². The first kappa shape index (κ1) is 34.2. The standard InChI is InChI=1S/C22H24N2O2.C21H22N2O2/c1-14(2)24-9-8-17-10-15(4-7-21(17)24)11-20-19(22(25)26-3)12-18(13-23-20)16-5-6-16;1-13(2)23-8-7-16-9-14(3-6-20(16)23)10-19-18(21(24)25)11-17(12-22-19)15-4-5-15/h4,7-10,12-14,16H,5-6,11H2,1-3H3;3,6-9,11-13,15H,4-5,10H2,1-2H3,(H,24,25). The molecule has 4 aromatic heterocycles. The SMILES string of the molecule is CC(C)n1ccc2cc(Cc3ncc(C4CC4)cc3C(=O)O)ccc21.COC(=O)c1cc(C2CC2)cnc1Cc1ccc2c(ccn2C(C)C)c1. The Balaban J connectivity index is 0.000000159. The van der Waals surface area contributed by atoms with E-state index in [2.05, 4.69) is 108 Å². The van der Waals surface area contributed by atoms with Gasteiger partial charge in [-0.05, 0) is 147 Å². The monoisotopic (exact) mass is 682 g/mol. The normalized spacial score (nSPS) is 14.3. The van der Waals surface area contributed by atoms with Gasteiger partial charge in [0.25, 0.3) is 0 Å². The molecule has 2 aliphatic rings. The number of carboxylic acid groups (broad SMARTS) is 1. The summed E-state index contributed by atoms with van der Waals surface area (Å²) < 4.78 is 9.49. The molecule has 0 unspecified atom stereocenters. The third kappa shape index (κ3) is 7.46. The van der Waals surface area contributed by atoms with Gasteiger partial charge in [0, 0.05) is 60.7 Å². The van der Waals surface area contributed by atoms with Gasteiger partial charge in [-0.3, -0.25) is 9.97 Å². The summed E-state index contributed by atoms with van der Waals surface area (Å²) in [6.45, 7) is 8.69. The topological polar surface area (TPSA) is 99.2 Å². The fraction of sp³-hybridized carbons (Fsp3) is 0.349. The van der Waals surface area contributed by atoms with Crippen molar-refractivity contribution in [2.45, 2.75) is 90.1 Å². The highest BCUT2D eigenvalue weighted by molar-refractivity contribution is 5.91. The molecule has 0 spiro atoms. The molecule has 2 aromatic carbocycles. The smallest absolute Gasteiger partial charge is 0.339 e. The van der Waals surface area contributed by atoms with Crippen molar-refractivity contribution in [1.29, 1.82) is 0 Å². The molecule has 4 heterocycles. The number of hydrogen-bond donors (Lipinski definition) is 1. The van der Waals surface area contributed by atoms with Crippen LogP contribution in [0.3, 0.4) is 0 Å². The molecule has 2 aliphatic carbocycles. The number of methoxy groups -OCH3 is 1. The summed E-state index contributed by atoms with van der Waals surface area (Å²) >= 11 is 0. The molecule has 0 radical (unpaired) electrons. The third-order valence-electron chi connectivity index (χ3n) is 10.1. The van der Waals surface area contributed by atoms with E-state index in [0.29, 0.717) is 53.6 Å². The predicted molar refractivity (Wildman–Crippen MR) is 201 cm³/mol. The second kappa shape index (κ2) is 14.2. The number of nitrogens with zero attached hydrogens (tertiary/aromatic N) is 4. The van der Waals surface area contributed by atoms with Crippen LogP contribution in [-0.4, -0.2) is 43.3 Å². The van der Waals surface area contributed by atoms with Crippen LogP contribution in [0.15, 0.2) is 85.5 Å². The van der Waals surface area contributed by atoms with Crippen LogP contribution in [0.1, 0.15) is 132 Å². The lowest BCUT2D eigenvalue weighted by molar-refractivity contribution is 0.0598. The van der Waals surface area contributed by atoms with Crippen LogP contribution in [0, 0.1) is 0 Å². The summed E-state index contributed by atoms with van der Waals surface area (Å²) in [5.74, 6) is -0.127. The zero-order valence-electron chi connectivity index (χ0n) is 30.1. The number of hydrogen-bond acceptors (Lipinski definition) is 5. The lowest BCUT2D eigenvalue weighted by Gasteiger charge is -2.11. The molecule has 0 amide bonds. The van der Waals surface area contributed by atoms with Crippen LogP contribution < -0.4 is 0 Å². The third-order valence-corrected chi connectivity index (χ3v) is 10.1. The Kier molecular flexibility index (Phi) is 9.51. The van der Waals surface area contributed by atoms with Crippen molar-refractivity contribution in [3.8, 4) is 0 Å². The van der Waals surface area contributed by atoms with Crippen molar-refractivity contribution < 1.29 is 19.4 Å². The van der Waals surface area contributed by atoms with Crippen molar-refractivity contribution in [2.75, 3.05) is 7.11 Å². The van der Waals surface area contributed by atoms with Crippen molar-refractivity contribution in [1.82, 2.24) is 19.1 Å². The molecule has 8 rings (SSSR count). The van der Waals surface area contributed by atoms with E-state index in [1.54, 1.807) is 0 Å². The van der Waals surface area contributed by atoms with Gasteiger partial charge in [-0.15, -0.1) is 0 Å². The molecule has 2 saturated carbocycles. The second-order valence-electron chi connectivity index (χ2n) is 14.6. The summed E-state index contributed by atoms with van der Waals surface area (Å²) in [7, 11) is 1.43. The van der Waals surface area contributed by atoms with Crippen molar-refractivity contribution in [2.24, 2.45) is 0 Å². The first-order valence-corrected chi connectivity index (χ1v) is 18.1. The Morgan fingerprint density at radius 3 is 1.57 bits per heavy atom. The number of ether oxygens (including phenoxy) is 1. The fourth-order valence-electron chi connectivity index (χ4n) is 6.99. The van der Waals surface area contributed by atoms with Gasteiger partial charge in [-0.25, -0.2) is 9.59 Å². The molecule has 8 nitrogen and oxygen atoms in total. The van der Waals surface area contributed by atoms with Gasteiger partial charge in [-0.2, -0.15) is 0 Å². The Morgan fingerprint density at radius 2 is 1.16 bits per heavy atom. The molecule has 262 valence electrons. The first-order chi connectivity index (χ1) is 24.6. The molecule has 8 heteroatoms. The van der Waals surface area contributed by atoms with Crippen molar-refractivity contribution in [3.63, 3.8) is 0 Å². The molecule has 1 N–H and O–H groups in total. The van der Waals surface area contributed by atoms with Crippen LogP contribution in [0.2, 0.25) is 0 Å². The van der Waals surface area contributed by atoms with E-state index in [4.69, 9.17) is 4.74 Å². The molecule has 51 heavy (non-hydrogen) atoms. The second-order valence-corrected chi connectivity index (χ2v) is 14.6. The Morgan fingerprint density at radius 1 is 0.706 bits per heavy atom. The van der Waals surface area contributed by atoms with E-state index >= 15 is 0 Å². The first-order valence-electron chi connectivity index (χ1n) is 18.1. The minimum absolute atomic E-state index is 0.304. The lowest BCUT2D eigenvalue weighted by atomic mass is 10.0. The lowest BCUT2D eigenvalue weighted by Crippen LogP contribution is -2.09. The summed E-state index contributed by atoms with van der Waals surface area (Å²) in [4.78, 5) is 33.0. The maximum Gasteiger partial charge on any atom is 0.339 e. The van der Waals surface area contributed by atoms with E-state index in [9.17, 15) is 14.7 Å². The number of esters is 1. The molecule has 0 atom stereocenters. The largest absolute Gasteiger partial charge is 0.478 e. The molecule has 0 bridgehead atoms. The zero-order valence-corrected chi connectivity index (χ0v) is 30.1. The van der Waals surface area contributed by atoms with Crippen LogP contribution in [-0.2, 0) is 17.6 Å². The molecule has 6 aromatic rings. The minimum atomic E-state index is -0.892. The number of carboxylic acids is 1. The summed E-state index contributed by atoms with van der Waals surface area (Å²) in [6.07, 6.45) is 13.8. The highest BCUT2D eigenvalue weighted by Crippen LogP contribution is 2.41. The molecule has 0 aliphatic heterocycles. The Labute approximate surface area is 299 Å². The summed E-state index contributed by atoms with van der Waals surface area (Å²) in [6, 6.07) is 21.7. The van der Waals surface area contributed by atoms with Gasteiger partial charge in [0.1, 0.15) is 0 Å². The number of fused-ring (bicyclic) bond motifs is 2. The summed E-state index contributed by atoms with van der Waals surface area (Å²) in [5, 5.41) is 12.0. The quantitative estimate of drug-likeness (QED) is 0.145. The van der Waals surface area contributed by atoms with Gasteiger partial charge in [0.05, 0.1) is 29.6 Å². The molecular formula is C43H46N4O4. The Bertz CT molecular complexity index is 2240. The fourth-order valence-corrected chi connectivity index (χ4v) is 6.99. The van der Waals surface area contributed by atoms with Gasteiger partial charge in [0.15, 0.2) is 0 Å². The number of aromatic carboxylic acids is 1. The van der Waals surface area contributed by atoms with Gasteiger partial charge < -0.3 is 19.0 Å². The Hall–Kier alpha value is -5.24. The number of aromatic nitrogens is 4. The van der Waals surface area contributed by atoms with Crippen LogP contribution >= 0.6 is 0 Å². The predicted octanol–water partition coefficient (Wildman–Crippen LogP) is 9.66. The van der Waals surface area contributed by atoms with Crippen LogP contribution in [0.5, 0.6) is 0 Å². The van der Waals surface area contributed by atoms with E-state index in [-0.39, 0.29) is 5.97 Å². The van der Waals surface area contributed by atoms with Gasteiger partial charge in [0.2, 0.25) is 0 Å².